The van der Waals surface area contributed by atoms with E-state index in [9.17, 15) is 8.42 Å². The van der Waals surface area contributed by atoms with E-state index in [-0.39, 0.29) is 6.04 Å². The van der Waals surface area contributed by atoms with E-state index in [2.05, 4.69) is 4.90 Å². The molecule has 1 aliphatic rings. The van der Waals surface area contributed by atoms with Crippen LogP contribution in [0.25, 0.3) is 0 Å². The van der Waals surface area contributed by atoms with Gasteiger partial charge in [0.2, 0.25) is 0 Å². The smallest absolute Gasteiger partial charge is 0.276 e. The number of likely N-dealkylation sites (N-methyl/N-ethyl adjacent to an activating group) is 2. The summed E-state index contributed by atoms with van der Waals surface area (Å²) in [5.74, 6) is 0. The Hall–Kier alpha value is -0.170. The van der Waals surface area contributed by atoms with Crippen LogP contribution in [-0.2, 0) is 10.2 Å². The molecule has 1 heterocycles. The minimum Gasteiger partial charge on any atom is -0.305 e. The van der Waals surface area contributed by atoms with E-state index >= 15 is 0 Å². The van der Waals surface area contributed by atoms with Crippen molar-refractivity contribution >= 4 is 10.2 Å². The molecule has 0 aliphatic carbocycles. The Kier molecular flexibility index (Phi) is 3.28. The molecule has 2 N–H and O–H groups in total. The molecule has 6 heteroatoms. The SMILES string of the molecule is CN1CCCC(N(C)S(N)(=O)=O)C1. The molecule has 5 nitrogen and oxygen atoms in total. The fraction of sp³-hybridized carbons (Fsp3) is 1.00. The number of nitrogens with two attached hydrogens (primary N) is 1. The molecule has 1 aliphatic heterocycles. The lowest BCUT2D eigenvalue weighted by Crippen LogP contribution is -2.49. The molecule has 1 unspecified atom stereocenters. The maximum absolute atomic E-state index is 11.0. The van der Waals surface area contributed by atoms with E-state index in [0.29, 0.717) is 0 Å². The minimum atomic E-state index is -3.52. The van der Waals surface area contributed by atoms with Gasteiger partial charge in [0.05, 0.1) is 0 Å². The van der Waals surface area contributed by atoms with E-state index in [0.717, 1.165) is 25.9 Å². The monoisotopic (exact) mass is 207 g/mol. The topological polar surface area (TPSA) is 66.6 Å². The fourth-order valence-corrected chi connectivity index (χ4v) is 2.23. The molecule has 0 aromatic carbocycles. The molecule has 1 rings (SSSR count). The summed E-state index contributed by atoms with van der Waals surface area (Å²) >= 11 is 0. The van der Waals surface area contributed by atoms with E-state index in [1.165, 1.54) is 4.31 Å². The van der Waals surface area contributed by atoms with Crippen molar-refractivity contribution in [2.45, 2.75) is 18.9 Å². The molecule has 1 atom stereocenters. The lowest BCUT2D eigenvalue weighted by atomic mass is 10.1. The molecule has 0 spiro atoms. The van der Waals surface area contributed by atoms with E-state index < -0.39 is 10.2 Å². The van der Waals surface area contributed by atoms with E-state index in [4.69, 9.17) is 5.14 Å². The highest BCUT2D eigenvalue weighted by molar-refractivity contribution is 7.86. The van der Waals surface area contributed by atoms with Gasteiger partial charge in [-0.15, -0.1) is 0 Å². The maximum Gasteiger partial charge on any atom is 0.276 e. The predicted octanol–water partition coefficient (Wildman–Crippen LogP) is -0.784. The van der Waals surface area contributed by atoms with Gasteiger partial charge in [0.25, 0.3) is 10.2 Å². The Morgan fingerprint density at radius 1 is 1.54 bits per heavy atom. The Morgan fingerprint density at radius 3 is 2.62 bits per heavy atom. The Labute approximate surface area is 79.7 Å². The summed E-state index contributed by atoms with van der Waals surface area (Å²) in [6.45, 7) is 1.81. The standard InChI is InChI=1S/C7H17N3O2S/c1-9-5-3-4-7(6-9)10(2)13(8,11)12/h7H,3-6H2,1-2H3,(H2,8,11,12). The summed E-state index contributed by atoms with van der Waals surface area (Å²) in [6, 6.07) is 0.0359. The third-order valence-corrected chi connectivity index (χ3v) is 3.62. The average molecular weight is 207 g/mol. The molecular weight excluding hydrogens is 190 g/mol. The third-order valence-electron chi connectivity index (χ3n) is 2.52. The van der Waals surface area contributed by atoms with Crippen molar-refractivity contribution in [1.82, 2.24) is 9.21 Å². The van der Waals surface area contributed by atoms with Gasteiger partial charge in [-0.3, -0.25) is 0 Å². The van der Waals surface area contributed by atoms with Crippen molar-refractivity contribution in [3.8, 4) is 0 Å². The van der Waals surface area contributed by atoms with Crippen LogP contribution in [0.15, 0.2) is 0 Å². The first-order valence-corrected chi connectivity index (χ1v) is 5.86. The summed E-state index contributed by atoms with van der Waals surface area (Å²) < 4.78 is 23.3. The predicted molar refractivity (Wildman–Crippen MR) is 51.4 cm³/mol. The van der Waals surface area contributed by atoms with Crippen LogP contribution in [0.3, 0.4) is 0 Å². The summed E-state index contributed by atoms with van der Waals surface area (Å²) in [7, 11) is 0.0108. The van der Waals surface area contributed by atoms with Gasteiger partial charge in [0, 0.05) is 19.6 Å². The van der Waals surface area contributed by atoms with Gasteiger partial charge >= 0.3 is 0 Å². The molecule has 0 aromatic rings. The van der Waals surface area contributed by atoms with Gasteiger partial charge in [-0.25, -0.2) is 5.14 Å². The zero-order valence-electron chi connectivity index (χ0n) is 8.10. The van der Waals surface area contributed by atoms with Crippen molar-refractivity contribution in [1.29, 1.82) is 0 Å². The van der Waals surface area contributed by atoms with Crippen molar-refractivity contribution in [3.05, 3.63) is 0 Å². The van der Waals surface area contributed by atoms with E-state index in [1.54, 1.807) is 7.05 Å². The second-order valence-electron chi connectivity index (χ2n) is 3.62. The fourth-order valence-electron chi connectivity index (χ4n) is 1.64. The maximum atomic E-state index is 11.0. The summed E-state index contributed by atoms with van der Waals surface area (Å²) in [5, 5.41) is 5.03. The van der Waals surface area contributed by atoms with Crippen molar-refractivity contribution in [2.24, 2.45) is 5.14 Å². The number of rotatable bonds is 2. The van der Waals surface area contributed by atoms with Crippen LogP contribution in [0.4, 0.5) is 0 Å². The molecule has 0 bridgehead atoms. The number of nitrogens with zero attached hydrogens (tertiary/aromatic N) is 2. The van der Waals surface area contributed by atoms with Gasteiger partial charge in [0.15, 0.2) is 0 Å². The van der Waals surface area contributed by atoms with Gasteiger partial charge in [-0.1, -0.05) is 0 Å². The van der Waals surface area contributed by atoms with Crippen LogP contribution in [0.5, 0.6) is 0 Å². The largest absolute Gasteiger partial charge is 0.305 e. The molecule has 78 valence electrons. The molecule has 0 saturated carbocycles. The summed E-state index contributed by atoms with van der Waals surface area (Å²) in [6.07, 6.45) is 1.93. The van der Waals surface area contributed by atoms with Gasteiger partial charge in [0.1, 0.15) is 0 Å². The van der Waals surface area contributed by atoms with Crippen molar-refractivity contribution in [3.63, 3.8) is 0 Å². The second-order valence-corrected chi connectivity index (χ2v) is 5.23. The van der Waals surface area contributed by atoms with Crippen LogP contribution in [0.2, 0.25) is 0 Å². The first-order valence-electron chi connectivity index (χ1n) is 4.35. The number of piperidine rings is 1. The lowest BCUT2D eigenvalue weighted by molar-refractivity contribution is 0.187. The van der Waals surface area contributed by atoms with Crippen LogP contribution in [0, 0.1) is 0 Å². The Morgan fingerprint density at radius 2 is 2.15 bits per heavy atom. The molecule has 1 fully saturated rings. The number of likely N-dealkylation sites (tertiary alicyclic amines) is 1. The average Bonchev–Trinajstić information content (AvgIpc) is 2.01. The highest BCUT2D eigenvalue weighted by Crippen LogP contribution is 2.14. The number of hydrogen-bond acceptors (Lipinski definition) is 3. The molecule has 0 amide bonds. The number of hydrogen-bond donors (Lipinski definition) is 1. The molecule has 13 heavy (non-hydrogen) atoms. The zero-order chi connectivity index (χ0) is 10.1. The molecule has 0 aromatic heterocycles. The first-order chi connectivity index (χ1) is 5.91. The highest BCUT2D eigenvalue weighted by Gasteiger charge is 2.26. The van der Waals surface area contributed by atoms with Crippen LogP contribution in [0.1, 0.15) is 12.8 Å². The van der Waals surface area contributed by atoms with Gasteiger partial charge in [-0.05, 0) is 26.4 Å². The normalized spacial score (nSPS) is 26.6. The van der Waals surface area contributed by atoms with Crippen LogP contribution >= 0.6 is 0 Å². The Bertz CT molecular complexity index is 265. The lowest BCUT2D eigenvalue weighted by Gasteiger charge is -2.34. The van der Waals surface area contributed by atoms with Gasteiger partial charge < -0.3 is 4.90 Å². The summed E-state index contributed by atoms with van der Waals surface area (Å²) in [5.41, 5.74) is 0. The quantitative estimate of drug-likeness (QED) is 0.645. The zero-order valence-corrected chi connectivity index (χ0v) is 8.92. The van der Waals surface area contributed by atoms with Crippen molar-refractivity contribution in [2.75, 3.05) is 27.2 Å². The molecular formula is C7H17N3O2S. The molecule has 0 radical (unpaired) electrons. The van der Waals surface area contributed by atoms with Crippen molar-refractivity contribution < 1.29 is 8.42 Å². The van der Waals surface area contributed by atoms with Gasteiger partial charge in [-0.2, -0.15) is 12.7 Å². The first kappa shape index (κ1) is 10.9. The van der Waals surface area contributed by atoms with E-state index in [1.807, 2.05) is 7.05 Å². The highest BCUT2D eigenvalue weighted by atomic mass is 32.2. The molecule has 1 saturated heterocycles. The minimum absolute atomic E-state index is 0.0359. The van der Waals surface area contributed by atoms with Crippen LogP contribution in [-0.4, -0.2) is 50.8 Å². The Balaban J connectivity index is 2.61. The van der Waals surface area contributed by atoms with Crippen LogP contribution < -0.4 is 5.14 Å². The second kappa shape index (κ2) is 3.91. The summed E-state index contributed by atoms with van der Waals surface area (Å²) in [4.78, 5) is 2.12. The third kappa shape index (κ3) is 2.91.